The molecule has 2 aromatic heterocycles. The third-order valence-electron chi connectivity index (χ3n) is 4.90. The van der Waals surface area contributed by atoms with E-state index < -0.39 is 0 Å². The molecule has 28 heavy (non-hydrogen) atoms. The number of carbonyl (C=O) groups excluding carboxylic acids is 1. The highest BCUT2D eigenvalue weighted by Gasteiger charge is 2.31. The topological polar surface area (TPSA) is 61.2 Å². The van der Waals surface area contributed by atoms with Crippen molar-refractivity contribution in [3.63, 3.8) is 0 Å². The second-order valence-electron chi connectivity index (χ2n) is 7.43. The van der Waals surface area contributed by atoms with Gasteiger partial charge in [-0.3, -0.25) is 14.2 Å². The zero-order valence-corrected chi connectivity index (χ0v) is 17.8. The molecule has 0 aliphatic carbocycles. The maximum absolute atomic E-state index is 13.2. The highest BCUT2D eigenvalue weighted by Crippen LogP contribution is 2.37. The lowest BCUT2D eigenvalue weighted by Gasteiger charge is -2.29. The van der Waals surface area contributed by atoms with Gasteiger partial charge in [-0.1, -0.05) is 42.1 Å². The number of ketones is 1. The largest absolute Gasteiger partial charge is 0.370 e. The molecule has 0 atom stereocenters. The van der Waals surface area contributed by atoms with Crippen molar-refractivity contribution in [2.75, 3.05) is 5.75 Å². The predicted molar refractivity (Wildman–Crippen MR) is 114 cm³/mol. The molecule has 3 heterocycles. The Balaban J connectivity index is 1.70. The number of rotatable bonds is 5. The smallest absolute Gasteiger partial charge is 0.263 e. The minimum absolute atomic E-state index is 0.0163. The molecule has 0 unspecified atom stereocenters. The van der Waals surface area contributed by atoms with Gasteiger partial charge in [0.1, 0.15) is 4.83 Å². The van der Waals surface area contributed by atoms with Crippen LogP contribution in [0.2, 0.25) is 0 Å². The van der Waals surface area contributed by atoms with Gasteiger partial charge in [0.05, 0.1) is 23.3 Å². The van der Waals surface area contributed by atoms with E-state index in [9.17, 15) is 9.59 Å². The van der Waals surface area contributed by atoms with Crippen LogP contribution in [0.1, 0.15) is 41.6 Å². The first-order valence-corrected chi connectivity index (χ1v) is 11.1. The Bertz CT molecular complexity index is 1100. The number of nitrogens with zero attached hydrogens (tertiary/aromatic N) is 2. The Morgan fingerprint density at radius 1 is 1.32 bits per heavy atom. The average molecular weight is 415 g/mol. The number of ether oxygens (including phenoxy) is 1. The number of Topliss-reactive ketones (excluding diaryl/α,β-unsaturated/α-hetero) is 1. The van der Waals surface area contributed by atoms with Crippen molar-refractivity contribution in [1.29, 1.82) is 0 Å². The Morgan fingerprint density at radius 2 is 2.07 bits per heavy atom. The summed E-state index contributed by atoms with van der Waals surface area (Å²) in [5, 5.41) is 1.32. The van der Waals surface area contributed by atoms with E-state index >= 15 is 0 Å². The first-order valence-electron chi connectivity index (χ1n) is 9.29. The molecule has 146 valence electrons. The summed E-state index contributed by atoms with van der Waals surface area (Å²) in [5.74, 6) is 0.284. The van der Waals surface area contributed by atoms with Crippen LogP contribution < -0.4 is 5.56 Å². The third kappa shape index (κ3) is 3.54. The van der Waals surface area contributed by atoms with Gasteiger partial charge in [0.25, 0.3) is 5.56 Å². The van der Waals surface area contributed by atoms with Crippen LogP contribution in [0.15, 0.2) is 40.3 Å². The molecule has 7 heteroatoms. The minimum atomic E-state index is -0.278. The lowest BCUT2D eigenvalue weighted by atomic mass is 9.94. The Morgan fingerprint density at radius 3 is 2.79 bits per heavy atom. The quantitative estimate of drug-likeness (QED) is 0.354. The van der Waals surface area contributed by atoms with E-state index in [1.54, 1.807) is 4.57 Å². The van der Waals surface area contributed by atoms with Crippen molar-refractivity contribution >= 4 is 39.1 Å². The first-order chi connectivity index (χ1) is 13.4. The number of thiophene rings is 1. The van der Waals surface area contributed by atoms with Crippen LogP contribution in [-0.2, 0) is 24.3 Å². The van der Waals surface area contributed by atoms with Crippen LogP contribution in [0.25, 0.3) is 10.2 Å². The fourth-order valence-corrected chi connectivity index (χ4v) is 5.54. The predicted octanol–water partition coefficient (Wildman–Crippen LogP) is 4.30. The summed E-state index contributed by atoms with van der Waals surface area (Å²) < 4.78 is 7.58. The van der Waals surface area contributed by atoms with Gasteiger partial charge in [-0.2, -0.15) is 0 Å². The fraction of sp³-hybridized carbons (Fsp3) is 0.381. The van der Waals surface area contributed by atoms with Gasteiger partial charge in [0, 0.05) is 23.4 Å². The highest BCUT2D eigenvalue weighted by atomic mass is 32.2. The van der Waals surface area contributed by atoms with E-state index in [0.717, 1.165) is 20.7 Å². The molecule has 1 aromatic carbocycles. The number of hydrogen-bond donors (Lipinski definition) is 0. The second kappa shape index (κ2) is 7.46. The van der Waals surface area contributed by atoms with Gasteiger partial charge >= 0.3 is 0 Å². The Labute approximate surface area is 171 Å². The van der Waals surface area contributed by atoms with Crippen molar-refractivity contribution in [2.45, 2.75) is 51.1 Å². The SMILES string of the molecule is CCn1c(SCC(=O)c2ccccc2)nc2sc3c(c2c1=O)CC(C)(C)OC3. The molecule has 0 saturated carbocycles. The number of fused-ring (bicyclic) bond motifs is 3. The molecule has 5 nitrogen and oxygen atoms in total. The summed E-state index contributed by atoms with van der Waals surface area (Å²) in [5.41, 5.74) is 1.46. The molecular weight excluding hydrogens is 392 g/mol. The van der Waals surface area contributed by atoms with E-state index in [0.29, 0.717) is 30.3 Å². The van der Waals surface area contributed by atoms with Crippen molar-refractivity contribution < 1.29 is 9.53 Å². The zero-order chi connectivity index (χ0) is 19.9. The summed E-state index contributed by atoms with van der Waals surface area (Å²) in [4.78, 5) is 32.3. The van der Waals surface area contributed by atoms with Crippen molar-refractivity contribution in [1.82, 2.24) is 9.55 Å². The van der Waals surface area contributed by atoms with Crippen LogP contribution >= 0.6 is 23.1 Å². The van der Waals surface area contributed by atoms with Crippen LogP contribution in [0, 0.1) is 0 Å². The number of thioether (sulfide) groups is 1. The maximum Gasteiger partial charge on any atom is 0.263 e. The Hall–Kier alpha value is -1.96. The maximum atomic E-state index is 13.2. The van der Waals surface area contributed by atoms with E-state index in [2.05, 4.69) is 0 Å². The Kier molecular flexibility index (Phi) is 5.16. The van der Waals surface area contributed by atoms with E-state index in [4.69, 9.17) is 9.72 Å². The van der Waals surface area contributed by atoms with E-state index in [-0.39, 0.29) is 22.7 Å². The summed E-state index contributed by atoms with van der Waals surface area (Å²) in [6.07, 6.45) is 0.710. The van der Waals surface area contributed by atoms with Gasteiger partial charge in [0.2, 0.25) is 0 Å². The molecule has 0 radical (unpaired) electrons. The molecular formula is C21H22N2O3S2. The zero-order valence-electron chi connectivity index (χ0n) is 16.2. The number of carbonyl (C=O) groups is 1. The number of benzene rings is 1. The van der Waals surface area contributed by atoms with Gasteiger partial charge in [-0.15, -0.1) is 11.3 Å². The lowest BCUT2D eigenvalue weighted by molar-refractivity contribution is -0.0379. The molecule has 1 aliphatic heterocycles. The third-order valence-corrected chi connectivity index (χ3v) is 6.98. The van der Waals surface area contributed by atoms with E-state index in [1.807, 2.05) is 51.1 Å². The standard InChI is InChI=1S/C21H22N2O3S2/c1-4-23-19(25)17-14-10-21(2,3)26-11-16(14)28-18(17)22-20(23)27-12-15(24)13-8-6-5-7-9-13/h5-9H,4,10-12H2,1-3H3. The van der Waals surface area contributed by atoms with Crippen molar-refractivity contribution in [3.05, 3.63) is 56.7 Å². The molecule has 4 rings (SSSR count). The average Bonchev–Trinajstić information content (AvgIpc) is 3.03. The van der Waals surface area contributed by atoms with E-state index in [1.165, 1.54) is 23.1 Å². The lowest BCUT2D eigenvalue weighted by Crippen LogP contribution is -2.32. The molecule has 1 aliphatic rings. The minimum Gasteiger partial charge on any atom is -0.370 e. The van der Waals surface area contributed by atoms with Crippen LogP contribution in [0.3, 0.4) is 0 Å². The van der Waals surface area contributed by atoms with Crippen LogP contribution in [-0.4, -0.2) is 26.7 Å². The molecule has 0 N–H and O–H groups in total. The fourth-order valence-electron chi connectivity index (χ4n) is 3.43. The molecule has 0 bridgehead atoms. The highest BCUT2D eigenvalue weighted by molar-refractivity contribution is 7.99. The summed E-state index contributed by atoms with van der Waals surface area (Å²) >= 11 is 2.86. The monoisotopic (exact) mass is 414 g/mol. The van der Waals surface area contributed by atoms with Crippen molar-refractivity contribution in [2.24, 2.45) is 0 Å². The summed E-state index contributed by atoms with van der Waals surface area (Å²) in [7, 11) is 0. The number of hydrogen-bond acceptors (Lipinski definition) is 6. The first kappa shape index (κ1) is 19.4. The molecule has 0 saturated heterocycles. The molecule has 0 fully saturated rings. The summed E-state index contributed by atoms with van der Waals surface area (Å²) in [6.45, 7) is 7.07. The summed E-state index contributed by atoms with van der Waals surface area (Å²) in [6, 6.07) is 9.20. The van der Waals surface area contributed by atoms with Gasteiger partial charge < -0.3 is 4.74 Å². The number of aromatic nitrogens is 2. The molecule has 0 spiro atoms. The normalized spacial score (nSPS) is 15.5. The van der Waals surface area contributed by atoms with Crippen molar-refractivity contribution in [3.8, 4) is 0 Å². The van der Waals surface area contributed by atoms with Crippen LogP contribution in [0.5, 0.6) is 0 Å². The van der Waals surface area contributed by atoms with Gasteiger partial charge in [0.15, 0.2) is 10.9 Å². The van der Waals surface area contributed by atoms with Crippen LogP contribution in [0.4, 0.5) is 0 Å². The van der Waals surface area contributed by atoms with Gasteiger partial charge in [-0.25, -0.2) is 4.98 Å². The molecule has 3 aromatic rings. The molecule has 0 amide bonds. The second-order valence-corrected chi connectivity index (χ2v) is 9.46. The van der Waals surface area contributed by atoms with Gasteiger partial charge in [-0.05, 0) is 26.3 Å².